The summed E-state index contributed by atoms with van der Waals surface area (Å²) in [5.74, 6) is -0.698. The molecule has 0 aliphatic heterocycles. The van der Waals surface area contributed by atoms with E-state index in [1.165, 1.54) is 0 Å². The van der Waals surface area contributed by atoms with Crippen molar-refractivity contribution in [3.8, 4) is 0 Å². The van der Waals surface area contributed by atoms with Crippen LogP contribution in [0, 0.1) is 0 Å². The van der Waals surface area contributed by atoms with E-state index in [-0.39, 0.29) is 6.61 Å². The molecule has 0 radical (unpaired) electrons. The molecule has 0 aromatic carbocycles. The second-order valence-corrected chi connectivity index (χ2v) is 1.61. The molecule has 0 aromatic heterocycles. The monoisotopic (exact) mass is 136 g/mol. The van der Waals surface area contributed by atoms with Gasteiger partial charge in [-0.05, 0) is 6.92 Å². The Balaban J connectivity index is 3.33. The van der Waals surface area contributed by atoms with Crippen LogP contribution in [0.2, 0.25) is 0 Å². The summed E-state index contributed by atoms with van der Waals surface area (Å²) < 4.78 is 4.34. The van der Waals surface area contributed by atoms with E-state index in [4.69, 9.17) is 5.11 Å². The minimum Gasteiger partial charge on any atom is -0.463 e. The van der Waals surface area contributed by atoms with Crippen LogP contribution in [0.4, 0.5) is 0 Å². The fourth-order valence-electron chi connectivity index (χ4n) is 0.217. The Hall–Kier alpha value is -0.220. The quantitative estimate of drug-likeness (QED) is 0.314. The molecule has 0 aliphatic carbocycles. The van der Waals surface area contributed by atoms with Crippen LogP contribution in [0.1, 0.15) is 6.92 Å². The summed E-state index contributed by atoms with van der Waals surface area (Å²) in [5.41, 5.74) is -1.30. The van der Waals surface area contributed by atoms with Crippen molar-refractivity contribution in [1.82, 2.24) is 0 Å². The van der Waals surface area contributed by atoms with Crippen LogP contribution in [0.25, 0.3) is 0 Å². The standard InChI is InChI=1S/C4H8O3S/c1-2-7-3(5)4(6)8/h4,6,8H,2H2,1H3. The van der Waals surface area contributed by atoms with Crippen LogP contribution in [0.3, 0.4) is 0 Å². The smallest absolute Gasteiger partial charge is 0.345 e. The van der Waals surface area contributed by atoms with Crippen LogP contribution in [-0.4, -0.2) is 23.1 Å². The number of ether oxygens (including phenoxy) is 1. The fourth-order valence-corrected chi connectivity index (χ4v) is 0.291. The second-order valence-electron chi connectivity index (χ2n) is 1.13. The third-order valence-corrected chi connectivity index (χ3v) is 0.708. The molecule has 1 atom stereocenters. The maximum atomic E-state index is 10.2. The first-order valence-corrected chi connectivity index (χ1v) is 2.73. The van der Waals surface area contributed by atoms with Crippen molar-refractivity contribution < 1.29 is 14.6 Å². The molecular weight excluding hydrogens is 128 g/mol. The van der Waals surface area contributed by atoms with Gasteiger partial charge in [0, 0.05) is 0 Å². The van der Waals surface area contributed by atoms with Gasteiger partial charge in [0.2, 0.25) is 0 Å². The molecule has 0 aromatic rings. The van der Waals surface area contributed by atoms with E-state index >= 15 is 0 Å². The van der Waals surface area contributed by atoms with E-state index in [0.717, 1.165) is 0 Å². The number of hydrogen-bond acceptors (Lipinski definition) is 4. The molecule has 0 saturated carbocycles. The predicted octanol–water partition coefficient (Wildman–Crippen LogP) is -0.202. The topological polar surface area (TPSA) is 46.5 Å². The lowest BCUT2D eigenvalue weighted by Crippen LogP contribution is -2.16. The van der Waals surface area contributed by atoms with Crippen molar-refractivity contribution >= 4 is 18.6 Å². The summed E-state index contributed by atoms with van der Waals surface area (Å²) in [4.78, 5) is 10.2. The number of hydrogen-bond donors (Lipinski definition) is 2. The van der Waals surface area contributed by atoms with Gasteiger partial charge in [0.1, 0.15) is 0 Å². The Morgan fingerprint density at radius 2 is 2.50 bits per heavy atom. The van der Waals surface area contributed by atoms with E-state index in [1.54, 1.807) is 6.92 Å². The van der Waals surface area contributed by atoms with Crippen molar-refractivity contribution in [1.29, 1.82) is 0 Å². The van der Waals surface area contributed by atoms with Gasteiger partial charge < -0.3 is 9.84 Å². The summed E-state index contributed by atoms with van der Waals surface area (Å²) >= 11 is 3.41. The number of esters is 1. The SMILES string of the molecule is CCOC(=O)C(O)S. The van der Waals surface area contributed by atoms with Crippen LogP contribution in [0.15, 0.2) is 0 Å². The Morgan fingerprint density at radius 1 is 2.00 bits per heavy atom. The third kappa shape index (κ3) is 2.87. The average molecular weight is 136 g/mol. The lowest BCUT2D eigenvalue weighted by Gasteiger charge is -2.00. The molecule has 1 unspecified atom stereocenters. The van der Waals surface area contributed by atoms with Crippen LogP contribution in [-0.2, 0) is 9.53 Å². The molecule has 4 heteroatoms. The van der Waals surface area contributed by atoms with E-state index in [9.17, 15) is 4.79 Å². The highest BCUT2D eigenvalue weighted by atomic mass is 32.1. The minimum absolute atomic E-state index is 0.274. The molecule has 0 heterocycles. The van der Waals surface area contributed by atoms with Crippen LogP contribution in [0.5, 0.6) is 0 Å². The van der Waals surface area contributed by atoms with Crippen LogP contribution < -0.4 is 0 Å². The van der Waals surface area contributed by atoms with Gasteiger partial charge in [-0.25, -0.2) is 4.79 Å². The highest BCUT2D eigenvalue weighted by molar-refractivity contribution is 7.81. The molecule has 0 rings (SSSR count). The third-order valence-electron chi connectivity index (χ3n) is 0.497. The molecule has 8 heavy (non-hydrogen) atoms. The molecule has 1 N–H and O–H groups in total. The second kappa shape index (κ2) is 3.74. The molecule has 0 bridgehead atoms. The van der Waals surface area contributed by atoms with Gasteiger partial charge in [-0.1, -0.05) is 0 Å². The fraction of sp³-hybridized carbons (Fsp3) is 0.750. The van der Waals surface area contributed by atoms with Gasteiger partial charge in [-0.2, -0.15) is 0 Å². The molecule has 48 valence electrons. The number of carbonyl (C=O) groups is 1. The van der Waals surface area contributed by atoms with Gasteiger partial charge >= 0.3 is 5.97 Å². The Morgan fingerprint density at radius 3 is 2.62 bits per heavy atom. The zero-order chi connectivity index (χ0) is 6.57. The maximum absolute atomic E-state index is 10.2. The predicted molar refractivity (Wildman–Crippen MR) is 31.6 cm³/mol. The molecule has 0 saturated heterocycles. The van der Waals surface area contributed by atoms with Gasteiger partial charge in [-0.15, -0.1) is 12.6 Å². The summed E-state index contributed by atoms with van der Waals surface area (Å²) in [6.45, 7) is 1.94. The molecule has 0 spiro atoms. The Bertz CT molecular complexity index is 81.4. The van der Waals surface area contributed by atoms with Crippen molar-refractivity contribution in [2.45, 2.75) is 12.4 Å². The van der Waals surface area contributed by atoms with Gasteiger partial charge in [-0.3, -0.25) is 0 Å². The first-order chi connectivity index (χ1) is 3.68. The normalized spacial score (nSPS) is 12.9. The first kappa shape index (κ1) is 7.78. The Labute approximate surface area is 53.1 Å². The van der Waals surface area contributed by atoms with Crippen molar-refractivity contribution in [3.63, 3.8) is 0 Å². The molecule has 0 fully saturated rings. The number of aliphatic hydroxyl groups excluding tert-OH is 1. The largest absolute Gasteiger partial charge is 0.463 e. The minimum atomic E-state index is -1.30. The summed E-state index contributed by atoms with van der Waals surface area (Å²) in [6, 6.07) is 0. The maximum Gasteiger partial charge on any atom is 0.345 e. The van der Waals surface area contributed by atoms with Gasteiger partial charge in [0.25, 0.3) is 0 Å². The number of carbonyl (C=O) groups excluding carboxylic acids is 1. The zero-order valence-electron chi connectivity index (χ0n) is 4.50. The van der Waals surface area contributed by atoms with Crippen molar-refractivity contribution in [2.75, 3.05) is 6.61 Å². The summed E-state index contributed by atoms with van der Waals surface area (Å²) in [6.07, 6.45) is 0. The van der Waals surface area contributed by atoms with E-state index < -0.39 is 11.4 Å². The van der Waals surface area contributed by atoms with E-state index in [2.05, 4.69) is 17.4 Å². The zero-order valence-corrected chi connectivity index (χ0v) is 5.39. The number of aliphatic hydroxyl groups is 1. The molecule has 0 aliphatic rings. The lowest BCUT2D eigenvalue weighted by molar-refractivity contribution is -0.148. The van der Waals surface area contributed by atoms with Gasteiger partial charge in [0.15, 0.2) is 5.44 Å². The average Bonchev–Trinajstić information content (AvgIpc) is 1.67. The Kier molecular flexibility index (Phi) is 3.64. The lowest BCUT2D eigenvalue weighted by atomic mass is 10.7. The van der Waals surface area contributed by atoms with E-state index in [0.29, 0.717) is 0 Å². The summed E-state index contributed by atoms with van der Waals surface area (Å²) in [5, 5.41) is 8.34. The molecule has 3 nitrogen and oxygen atoms in total. The molecular formula is C4H8O3S. The highest BCUT2D eigenvalue weighted by Gasteiger charge is 2.08. The van der Waals surface area contributed by atoms with Gasteiger partial charge in [0.05, 0.1) is 6.61 Å². The van der Waals surface area contributed by atoms with Crippen LogP contribution >= 0.6 is 12.6 Å². The van der Waals surface area contributed by atoms with Crippen molar-refractivity contribution in [2.24, 2.45) is 0 Å². The first-order valence-electron chi connectivity index (χ1n) is 2.21. The van der Waals surface area contributed by atoms with Crippen molar-refractivity contribution in [3.05, 3.63) is 0 Å². The highest BCUT2D eigenvalue weighted by Crippen LogP contribution is 1.90. The number of rotatable bonds is 2. The number of thiol groups is 1. The van der Waals surface area contributed by atoms with E-state index in [1.807, 2.05) is 0 Å². The molecule has 0 amide bonds. The summed E-state index contributed by atoms with van der Waals surface area (Å²) in [7, 11) is 0.